The van der Waals surface area contributed by atoms with E-state index in [-0.39, 0.29) is 6.61 Å². The van der Waals surface area contributed by atoms with Crippen LogP contribution in [0.5, 0.6) is 0 Å². The molecule has 1 heteroatoms. The minimum Gasteiger partial charge on any atom is -0.237 e. The topological polar surface area (TPSA) is 19.9 Å². The summed E-state index contributed by atoms with van der Waals surface area (Å²) in [5, 5.41) is 10.3. The Morgan fingerprint density at radius 2 is 0.667 bits per heavy atom. The van der Waals surface area contributed by atoms with Crippen molar-refractivity contribution in [2.45, 2.75) is 136 Å². The maximum atomic E-state index is 10.3. The molecule has 1 nitrogen and oxygen atoms in total. The Morgan fingerprint density at radius 3 is 0.917 bits per heavy atom. The minimum atomic E-state index is 0.123. The second kappa shape index (κ2) is 21.0. The van der Waals surface area contributed by atoms with Crippen LogP contribution < -0.4 is 0 Å². The van der Waals surface area contributed by atoms with Crippen LogP contribution in [0.4, 0.5) is 0 Å². The largest absolute Gasteiger partial charge is 0.237 e. The fourth-order valence-electron chi connectivity index (χ4n) is 3.48. The number of hydrogen-bond acceptors (Lipinski definition) is 0. The quantitative estimate of drug-likeness (QED) is 0.198. The number of unbranched alkanes of at least 4 members (excludes halogenated alkanes) is 17. The summed E-state index contributed by atoms with van der Waals surface area (Å²) in [6.45, 7) is 4.79. The fraction of sp³-hybridized carbons (Fsp3) is 1.00. The van der Waals surface area contributed by atoms with Crippen LogP contribution in [0, 0.1) is 5.92 Å². The average molecular weight is 340 g/mol. The molecule has 0 saturated carbocycles. The summed E-state index contributed by atoms with van der Waals surface area (Å²) in [7, 11) is 0. The molecule has 0 saturated heterocycles. The van der Waals surface area contributed by atoms with Gasteiger partial charge in [-0.25, -0.2) is 5.11 Å². The van der Waals surface area contributed by atoms with Crippen molar-refractivity contribution in [2.24, 2.45) is 5.92 Å². The van der Waals surface area contributed by atoms with E-state index < -0.39 is 0 Å². The lowest BCUT2D eigenvalue weighted by Gasteiger charge is -2.05. The Kier molecular flexibility index (Phi) is 21.0. The van der Waals surface area contributed by atoms with Gasteiger partial charge in [0.25, 0.3) is 0 Å². The standard InChI is InChI=1S/C23H47O/c1-23(2)21-19-17-15-13-11-9-7-5-3-4-6-8-10-12-14-16-18-20-22-24/h23H,3-22H2,1-2H3. The summed E-state index contributed by atoms with van der Waals surface area (Å²) in [5.41, 5.74) is 0. The summed E-state index contributed by atoms with van der Waals surface area (Å²) in [6, 6.07) is 0. The van der Waals surface area contributed by atoms with Crippen molar-refractivity contribution < 1.29 is 5.11 Å². The Bertz CT molecular complexity index is 212. The predicted octanol–water partition coefficient (Wildman–Crippen LogP) is 8.48. The molecule has 0 N–H and O–H groups in total. The van der Waals surface area contributed by atoms with Crippen molar-refractivity contribution in [3.63, 3.8) is 0 Å². The SMILES string of the molecule is CC(C)CCCCCCCCCCCCCCCCCCCC[O]. The van der Waals surface area contributed by atoms with Crippen LogP contribution in [-0.4, -0.2) is 6.61 Å². The number of hydrogen-bond donors (Lipinski definition) is 0. The van der Waals surface area contributed by atoms with E-state index in [9.17, 15) is 5.11 Å². The van der Waals surface area contributed by atoms with E-state index in [0.717, 1.165) is 18.8 Å². The second-order valence-corrected chi connectivity index (χ2v) is 8.25. The van der Waals surface area contributed by atoms with Gasteiger partial charge in [-0.2, -0.15) is 0 Å². The second-order valence-electron chi connectivity index (χ2n) is 8.25. The average Bonchev–Trinajstić information content (AvgIpc) is 2.56. The summed E-state index contributed by atoms with van der Waals surface area (Å²) >= 11 is 0. The first kappa shape index (κ1) is 24.0. The molecule has 0 aromatic rings. The van der Waals surface area contributed by atoms with Crippen LogP contribution in [0.25, 0.3) is 0 Å². The highest BCUT2D eigenvalue weighted by Gasteiger charge is 1.96. The van der Waals surface area contributed by atoms with E-state index in [2.05, 4.69) is 13.8 Å². The third-order valence-corrected chi connectivity index (χ3v) is 5.18. The van der Waals surface area contributed by atoms with E-state index in [1.807, 2.05) is 0 Å². The molecule has 0 atom stereocenters. The smallest absolute Gasteiger partial charge is 0.0822 e. The van der Waals surface area contributed by atoms with Crippen LogP contribution in [0.2, 0.25) is 0 Å². The predicted molar refractivity (Wildman–Crippen MR) is 108 cm³/mol. The van der Waals surface area contributed by atoms with Gasteiger partial charge in [0.1, 0.15) is 0 Å². The molecule has 0 fully saturated rings. The van der Waals surface area contributed by atoms with Crippen molar-refractivity contribution in [3.8, 4) is 0 Å². The molecule has 145 valence electrons. The molecule has 24 heavy (non-hydrogen) atoms. The Hall–Kier alpha value is -0.0400. The van der Waals surface area contributed by atoms with Gasteiger partial charge in [0.15, 0.2) is 0 Å². The van der Waals surface area contributed by atoms with Gasteiger partial charge in [-0.3, -0.25) is 0 Å². The molecular formula is C23H47O. The number of rotatable bonds is 20. The van der Waals surface area contributed by atoms with Gasteiger partial charge >= 0.3 is 0 Å². The van der Waals surface area contributed by atoms with E-state index in [1.54, 1.807) is 0 Å². The zero-order valence-electron chi connectivity index (χ0n) is 17.1. The molecule has 0 aliphatic rings. The van der Waals surface area contributed by atoms with Crippen molar-refractivity contribution in [3.05, 3.63) is 0 Å². The molecule has 0 aliphatic heterocycles. The van der Waals surface area contributed by atoms with Crippen molar-refractivity contribution in [2.75, 3.05) is 6.61 Å². The maximum Gasteiger partial charge on any atom is 0.0822 e. The van der Waals surface area contributed by atoms with Crippen LogP contribution in [0.1, 0.15) is 136 Å². The third-order valence-electron chi connectivity index (χ3n) is 5.18. The molecule has 0 rings (SSSR count). The van der Waals surface area contributed by atoms with Gasteiger partial charge in [-0.1, -0.05) is 129 Å². The van der Waals surface area contributed by atoms with Gasteiger partial charge < -0.3 is 0 Å². The first-order chi connectivity index (χ1) is 11.8. The van der Waals surface area contributed by atoms with Crippen molar-refractivity contribution in [1.82, 2.24) is 0 Å². The highest BCUT2D eigenvalue weighted by Crippen LogP contribution is 2.15. The van der Waals surface area contributed by atoms with E-state index in [1.165, 1.54) is 109 Å². The van der Waals surface area contributed by atoms with Gasteiger partial charge in [-0.05, 0) is 12.3 Å². The van der Waals surface area contributed by atoms with Gasteiger partial charge in [0.2, 0.25) is 0 Å². The van der Waals surface area contributed by atoms with Gasteiger partial charge in [0, 0.05) is 0 Å². The Morgan fingerprint density at radius 1 is 0.417 bits per heavy atom. The molecule has 0 heterocycles. The summed E-state index contributed by atoms with van der Waals surface area (Å²) < 4.78 is 0. The van der Waals surface area contributed by atoms with Gasteiger partial charge in [-0.15, -0.1) is 0 Å². The van der Waals surface area contributed by atoms with E-state index in [4.69, 9.17) is 0 Å². The molecule has 0 aromatic carbocycles. The zero-order valence-corrected chi connectivity index (χ0v) is 17.1. The molecule has 0 aliphatic carbocycles. The van der Waals surface area contributed by atoms with E-state index >= 15 is 0 Å². The van der Waals surface area contributed by atoms with Crippen LogP contribution in [0.15, 0.2) is 0 Å². The lowest BCUT2D eigenvalue weighted by molar-refractivity contribution is 0.186. The van der Waals surface area contributed by atoms with Crippen LogP contribution >= 0.6 is 0 Å². The fourth-order valence-corrected chi connectivity index (χ4v) is 3.48. The zero-order chi connectivity index (χ0) is 17.7. The molecule has 0 aromatic heterocycles. The maximum absolute atomic E-state index is 10.3. The molecule has 0 spiro atoms. The van der Waals surface area contributed by atoms with Crippen molar-refractivity contribution in [1.29, 1.82) is 0 Å². The molecular weight excluding hydrogens is 292 g/mol. The molecule has 0 unspecified atom stereocenters. The molecule has 0 amide bonds. The lowest BCUT2D eigenvalue weighted by atomic mass is 10.0. The van der Waals surface area contributed by atoms with E-state index in [0.29, 0.717) is 0 Å². The monoisotopic (exact) mass is 339 g/mol. The normalized spacial score (nSPS) is 11.5. The molecule has 1 radical (unpaired) electrons. The first-order valence-electron chi connectivity index (χ1n) is 11.4. The summed E-state index contributed by atoms with van der Waals surface area (Å²) in [4.78, 5) is 0. The first-order valence-corrected chi connectivity index (χ1v) is 11.4. The summed E-state index contributed by atoms with van der Waals surface area (Å²) in [6.07, 6.45) is 26.3. The Labute approximate surface area is 154 Å². The molecule has 0 bridgehead atoms. The summed E-state index contributed by atoms with van der Waals surface area (Å²) in [5.74, 6) is 0.889. The lowest BCUT2D eigenvalue weighted by Crippen LogP contribution is -1.87. The third kappa shape index (κ3) is 22.0. The Balaban J connectivity index is 2.95. The van der Waals surface area contributed by atoms with Crippen molar-refractivity contribution >= 4 is 0 Å². The van der Waals surface area contributed by atoms with Crippen LogP contribution in [-0.2, 0) is 5.11 Å². The van der Waals surface area contributed by atoms with Crippen LogP contribution in [0.3, 0.4) is 0 Å². The van der Waals surface area contributed by atoms with Gasteiger partial charge in [0.05, 0.1) is 6.61 Å². The highest BCUT2D eigenvalue weighted by atomic mass is 16.2. The highest BCUT2D eigenvalue weighted by molar-refractivity contribution is 4.51. The minimum absolute atomic E-state index is 0.123.